The number of ether oxygens (including phenoxy) is 1. The standard InChI is InChI=1S/C18H18N2O3S2/c1-10-3-4-12-13(8-19)17(25-14(12)7-10)20-15(21)9-23-18(22)16-11(2)5-6-24-16/h5-6,10H,3-4,7,9H2,1-2H3,(H,20,21). The number of rotatable bonds is 4. The number of nitrogens with one attached hydrogen (secondary N) is 1. The Balaban J connectivity index is 1.65. The lowest BCUT2D eigenvalue weighted by atomic mass is 9.89. The Labute approximate surface area is 154 Å². The molecule has 2 aromatic rings. The molecule has 7 heteroatoms. The maximum atomic E-state index is 12.1. The van der Waals surface area contributed by atoms with E-state index < -0.39 is 11.9 Å². The summed E-state index contributed by atoms with van der Waals surface area (Å²) in [5.74, 6) is -0.329. The van der Waals surface area contributed by atoms with Crippen LogP contribution >= 0.6 is 22.7 Å². The largest absolute Gasteiger partial charge is 0.451 e. The highest BCUT2D eigenvalue weighted by Crippen LogP contribution is 2.39. The molecule has 1 N–H and O–H groups in total. The van der Waals surface area contributed by atoms with Crippen LogP contribution in [-0.2, 0) is 22.4 Å². The first-order valence-electron chi connectivity index (χ1n) is 8.05. The van der Waals surface area contributed by atoms with E-state index in [9.17, 15) is 14.9 Å². The summed E-state index contributed by atoms with van der Waals surface area (Å²) in [6.07, 6.45) is 2.87. The average Bonchev–Trinajstić information content (AvgIpc) is 3.15. The summed E-state index contributed by atoms with van der Waals surface area (Å²) in [5.41, 5.74) is 2.45. The highest BCUT2D eigenvalue weighted by Gasteiger charge is 2.25. The number of carbonyl (C=O) groups is 2. The van der Waals surface area contributed by atoms with Crippen molar-refractivity contribution in [1.29, 1.82) is 5.26 Å². The summed E-state index contributed by atoms with van der Waals surface area (Å²) in [6, 6.07) is 4.04. The predicted molar refractivity (Wildman–Crippen MR) is 98.2 cm³/mol. The molecule has 5 nitrogen and oxygen atoms in total. The van der Waals surface area contributed by atoms with Gasteiger partial charge in [-0.2, -0.15) is 5.26 Å². The summed E-state index contributed by atoms with van der Waals surface area (Å²) in [5, 5.41) is 14.5. The van der Waals surface area contributed by atoms with Crippen LogP contribution in [0.5, 0.6) is 0 Å². The Hall–Kier alpha value is -2.17. The van der Waals surface area contributed by atoms with E-state index in [4.69, 9.17) is 4.74 Å². The quantitative estimate of drug-likeness (QED) is 0.823. The zero-order valence-electron chi connectivity index (χ0n) is 14.0. The number of carbonyl (C=O) groups excluding carboxylic acids is 2. The Morgan fingerprint density at radius 2 is 2.28 bits per heavy atom. The van der Waals surface area contributed by atoms with E-state index in [1.807, 2.05) is 18.4 Å². The number of hydrogen-bond acceptors (Lipinski definition) is 6. The van der Waals surface area contributed by atoms with Crippen LogP contribution in [0.4, 0.5) is 5.00 Å². The molecule has 1 aliphatic rings. The van der Waals surface area contributed by atoms with Gasteiger partial charge in [-0.3, -0.25) is 4.79 Å². The van der Waals surface area contributed by atoms with Gasteiger partial charge in [-0.15, -0.1) is 22.7 Å². The number of amides is 1. The van der Waals surface area contributed by atoms with E-state index in [0.29, 0.717) is 21.4 Å². The maximum absolute atomic E-state index is 12.1. The molecule has 0 bridgehead atoms. The van der Waals surface area contributed by atoms with Gasteiger partial charge >= 0.3 is 5.97 Å². The molecule has 0 radical (unpaired) electrons. The van der Waals surface area contributed by atoms with Gasteiger partial charge in [-0.1, -0.05) is 6.92 Å². The molecule has 25 heavy (non-hydrogen) atoms. The zero-order chi connectivity index (χ0) is 18.0. The fourth-order valence-corrected chi connectivity index (χ4v) is 5.09. The van der Waals surface area contributed by atoms with E-state index in [2.05, 4.69) is 18.3 Å². The van der Waals surface area contributed by atoms with Crippen LogP contribution in [-0.4, -0.2) is 18.5 Å². The highest BCUT2D eigenvalue weighted by atomic mass is 32.1. The number of nitrogens with zero attached hydrogens (tertiary/aromatic N) is 1. The van der Waals surface area contributed by atoms with Crippen molar-refractivity contribution >= 4 is 39.6 Å². The highest BCUT2D eigenvalue weighted by molar-refractivity contribution is 7.16. The van der Waals surface area contributed by atoms with Crippen molar-refractivity contribution in [3.05, 3.63) is 37.9 Å². The number of thiophene rings is 2. The first-order chi connectivity index (χ1) is 12.0. The molecule has 0 saturated carbocycles. The lowest BCUT2D eigenvalue weighted by molar-refractivity contribution is -0.119. The molecular weight excluding hydrogens is 356 g/mol. The summed E-state index contributed by atoms with van der Waals surface area (Å²) in [4.78, 5) is 25.8. The van der Waals surface area contributed by atoms with Crippen LogP contribution in [0.25, 0.3) is 0 Å². The van der Waals surface area contributed by atoms with Gasteiger partial charge in [-0.25, -0.2) is 4.79 Å². The van der Waals surface area contributed by atoms with Crippen molar-refractivity contribution in [3.63, 3.8) is 0 Å². The Kier molecular flexibility index (Phi) is 5.21. The summed E-state index contributed by atoms with van der Waals surface area (Å²) in [6.45, 7) is 3.66. The van der Waals surface area contributed by atoms with Gasteiger partial charge in [0.1, 0.15) is 15.9 Å². The third-order valence-corrected chi connectivity index (χ3v) is 6.42. The van der Waals surface area contributed by atoms with Crippen LogP contribution in [0.3, 0.4) is 0 Å². The number of esters is 1. The van der Waals surface area contributed by atoms with Crippen molar-refractivity contribution in [2.75, 3.05) is 11.9 Å². The van der Waals surface area contributed by atoms with Gasteiger partial charge in [0.15, 0.2) is 6.61 Å². The second kappa shape index (κ2) is 7.38. The van der Waals surface area contributed by atoms with Crippen molar-refractivity contribution in [1.82, 2.24) is 0 Å². The van der Waals surface area contributed by atoms with E-state index >= 15 is 0 Å². The van der Waals surface area contributed by atoms with Crippen LogP contribution < -0.4 is 5.32 Å². The van der Waals surface area contributed by atoms with Crippen molar-refractivity contribution in [2.45, 2.75) is 33.1 Å². The lowest BCUT2D eigenvalue weighted by Gasteiger charge is -2.17. The Bertz CT molecular complexity index is 860. The Morgan fingerprint density at radius 1 is 1.48 bits per heavy atom. The first-order valence-corrected chi connectivity index (χ1v) is 9.75. The van der Waals surface area contributed by atoms with Gasteiger partial charge in [-0.05, 0) is 54.7 Å². The number of hydrogen-bond donors (Lipinski definition) is 1. The van der Waals surface area contributed by atoms with Gasteiger partial charge in [0, 0.05) is 4.88 Å². The molecule has 1 amide bonds. The van der Waals surface area contributed by atoms with Gasteiger partial charge in [0.05, 0.1) is 5.56 Å². The third kappa shape index (κ3) is 3.75. The SMILES string of the molecule is Cc1ccsc1C(=O)OCC(=O)Nc1sc2c(c1C#N)CCC(C)C2. The molecule has 0 aromatic carbocycles. The predicted octanol–water partition coefficient (Wildman–Crippen LogP) is 3.91. The van der Waals surface area contributed by atoms with Crippen molar-refractivity contribution in [2.24, 2.45) is 5.92 Å². The molecule has 3 rings (SSSR count). The van der Waals surface area contributed by atoms with Crippen LogP contribution in [0.1, 0.15) is 44.6 Å². The van der Waals surface area contributed by atoms with E-state index in [-0.39, 0.29) is 6.61 Å². The van der Waals surface area contributed by atoms with Crippen molar-refractivity contribution in [3.8, 4) is 6.07 Å². The number of fused-ring (bicyclic) bond motifs is 1. The zero-order valence-corrected chi connectivity index (χ0v) is 15.7. The van der Waals surface area contributed by atoms with Crippen LogP contribution in [0.2, 0.25) is 0 Å². The molecule has 130 valence electrons. The Morgan fingerprint density at radius 3 is 2.96 bits per heavy atom. The minimum Gasteiger partial charge on any atom is -0.451 e. The molecule has 2 heterocycles. The van der Waals surface area contributed by atoms with Gasteiger partial charge in [0.25, 0.3) is 5.91 Å². The molecule has 1 unspecified atom stereocenters. The number of anilines is 1. The maximum Gasteiger partial charge on any atom is 0.349 e. The van der Waals surface area contributed by atoms with Gasteiger partial charge in [0.2, 0.25) is 0 Å². The molecule has 0 fully saturated rings. The second-order valence-electron chi connectivity index (χ2n) is 6.22. The summed E-state index contributed by atoms with van der Waals surface area (Å²) in [7, 11) is 0. The molecule has 0 saturated heterocycles. The normalized spacial score (nSPS) is 16.0. The van der Waals surface area contributed by atoms with Crippen molar-refractivity contribution < 1.29 is 14.3 Å². The number of nitriles is 1. The van der Waals surface area contributed by atoms with E-state index in [0.717, 1.165) is 30.4 Å². The van der Waals surface area contributed by atoms with E-state index in [1.165, 1.54) is 27.6 Å². The first kappa shape index (κ1) is 17.6. The number of aryl methyl sites for hydroxylation is 1. The monoisotopic (exact) mass is 374 g/mol. The molecular formula is C18H18N2O3S2. The fraction of sp³-hybridized carbons (Fsp3) is 0.389. The second-order valence-corrected chi connectivity index (χ2v) is 8.25. The lowest BCUT2D eigenvalue weighted by Crippen LogP contribution is -2.20. The smallest absolute Gasteiger partial charge is 0.349 e. The summed E-state index contributed by atoms with van der Waals surface area (Å²) < 4.78 is 5.08. The van der Waals surface area contributed by atoms with Crippen LogP contribution in [0.15, 0.2) is 11.4 Å². The minimum atomic E-state index is -0.498. The molecule has 0 aliphatic heterocycles. The van der Waals surface area contributed by atoms with Crippen LogP contribution in [0, 0.1) is 24.2 Å². The third-order valence-electron chi connectivity index (χ3n) is 4.26. The molecule has 2 aromatic heterocycles. The molecule has 0 spiro atoms. The molecule has 1 atom stereocenters. The molecule has 1 aliphatic carbocycles. The minimum absolute atomic E-state index is 0.361. The van der Waals surface area contributed by atoms with Gasteiger partial charge < -0.3 is 10.1 Å². The topological polar surface area (TPSA) is 79.2 Å². The summed E-state index contributed by atoms with van der Waals surface area (Å²) >= 11 is 2.75. The van der Waals surface area contributed by atoms with E-state index in [1.54, 1.807) is 0 Å². The average molecular weight is 374 g/mol. The fourth-order valence-electron chi connectivity index (χ4n) is 2.90.